The van der Waals surface area contributed by atoms with Crippen molar-refractivity contribution in [3.8, 4) is 0 Å². The quantitative estimate of drug-likeness (QED) is 0.488. The minimum atomic E-state index is -0.00334. The van der Waals surface area contributed by atoms with E-state index in [1.54, 1.807) is 0 Å². The number of carbonyl (C=O) groups is 1. The maximum Gasteiger partial charge on any atom is 0.309 e. The van der Waals surface area contributed by atoms with E-state index >= 15 is 0 Å². The minimum Gasteiger partial charge on any atom is -0.458 e. The molecule has 1 heterocycles. The van der Waals surface area contributed by atoms with E-state index in [-0.39, 0.29) is 18.0 Å². The van der Waals surface area contributed by atoms with E-state index in [0.29, 0.717) is 0 Å². The maximum absolute atomic E-state index is 11.5. The first-order valence-corrected chi connectivity index (χ1v) is 6.17. The molecule has 15 heavy (non-hydrogen) atoms. The largest absolute Gasteiger partial charge is 0.458 e. The standard InChI is InChI=1S/C13H20O2/c1-10-8-9-12(15-13(10)14)11-6-4-2-3-5-7-11/h6,10,12H,2-5,7-9H2,1H3/t10-,12-/m1/s1. The Morgan fingerprint density at radius 2 is 2.13 bits per heavy atom. The fraction of sp³-hybridized carbons (Fsp3) is 0.769. The molecule has 2 aliphatic rings. The molecule has 0 aromatic carbocycles. The Labute approximate surface area is 91.7 Å². The third kappa shape index (κ3) is 2.61. The monoisotopic (exact) mass is 208 g/mol. The zero-order chi connectivity index (χ0) is 10.7. The van der Waals surface area contributed by atoms with Gasteiger partial charge in [0.1, 0.15) is 6.10 Å². The van der Waals surface area contributed by atoms with Crippen LogP contribution in [0.1, 0.15) is 51.9 Å². The summed E-state index contributed by atoms with van der Waals surface area (Å²) >= 11 is 0. The van der Waals surface area contributed by atoms with E-state index in [4.69, 9.17) is 4.74 Å². The van der Waals surface area contributed by atoms with Gasteiger partial charge in [0.05, 0.1) is 5.92 Å². The van der Waals surface area contributed by atoms with Gasteiger partial charge in [-0.15, -0.1) is 0 Å². The fourth-order valence-electron chi connectivity index (χ4n) is 2.43. The van der Waals surface area contributed by atoms with Gasteiger partial charge in [-0.05, 0) is 44.1 Å². The van der Waals surface area contributed by atoms with Gasteiger partial charge in [-0.25, -0.2) is 0 Å². The normalized spacial score (nSPS) is 32.9. The second kappa shape index (κ2) is 4.82. The Morgan fingerprint density at radius 3 is 2.93 bits per heavy atom. The van der Waals surface area contributed by atoms with Crippen LogP contribution in [0.3, 0.4) is 0 Å². The van der Waals surface area contributed by atoms with Gasteiger partial charge in [0.2, 0.25) is 0 Å². The first kappa shape index (κ1) is 10.7. The molecular formula is C13H20O2. The Hall–Kier alpha value is -0.790. The van der Waals surface area contributed by atoms with Gasteiger partial charge in [-0.2, -0.15) is 0 Å². The molecule has 0 bridgehead atoms. The smallest absolute Gasteiger partial charge is 0.309 e. The lowest BCUT2D eigenvalue weighted by Gasteiger charge is -2.28. The van der Waals surface area contributed by atoms with Crippen molar-refractivity contribution in [2.45, 2.75) is 58.0 Å². The molecule has 0 unspecified atom stereocenters. The number of hydrogen-bond acceptors (Lipinski definition) is 2. The van der Waals surface area contributed by atoms with Crippen LogP contribution in [0.25, 0.3) is 0 Å². The van der Waals surface area contributed by atoms with Gasteiger partial charge in [-0.1, -0.05) is 19.4 Å². The second-order valence-corrected chi connectivity index (χ2v) is 4.78. The Bertz CT molecular complexity index is 268. The van der Waals surface area contributed by atoms with Crippen molar-refractivity contribution in [3.63, 3.8) is 0 Å². The topological polar surface area (TPSA) is 26.3 Å². The van der Waals surface area contributed by atoms with E-state index in [0.717, 1.165) is 19.3 Å². The lowest BCUT2D eigenvalue weighted by Crippen LogP contribution is -2.30. The van der Waals surface area contributed by atoms with Crippen LogP contribution in [0.4, 0.5) is 0 Å². The van der Waals surface area contributed by atoms with E-state index in [1.807, 2.05) is 6.92 Å². The molecule has 0 aromatic heterocycles. The van der Waals surface area contributed by atoms with E-state index in [9.17, 15) is 4.79 Å². The molecule has 2 atom stereocenters. The predicted octanol–water partition coefficient (Wildman–Crippen LogP) is 3.22. The lowest BCUT2D eigenvalue weighted by molar-refractivity contribution is -0.157. The second-order valence-electron chi connectivity index (χ2n) is 4.78. The SMILES string of the molecule is C[C@@H]1CC[C@H](C2=CCCCCC2)OC1=O. The van der Waals surface area contributed by atoms with Crippen LogP contribution in [-0.2, 0) is 9.53 Å². The first-order chi connectivity index (χ1) is 7.27. The van der Waals surface area contributed by atoms with Crippen LogP contribution < -0.4 is 0 Å². The molecular weight excluding hydrogens is 188 g/mol. The zero-order valence-corrected chi connectivity index (χ0v) is 9.50. The molecule has 0 aromatic rings. The van der Waals surface area contributed by atoms with Crippen molar-refractivity contribution in [1.82, 2.24) is 0 Å². The van der Waals surface area contributed by atoms with Gasteiger partial charge in [0, 0.05) is 0 Å². The van der Waals surface area contributed by atoms with Crippen molar-refractivity contribution >= 4 is 5.97 Å². The van der Waals surface area contributed by atoms with Crippen molar-refractivity contribution in [2.75, 3.05) is 0 Å². The summed E-state index contributed by atoms with van der Waals surface area (Å²) in [6, 6.07) is 0. The molecule has 1 saturated heterocycles. The highest BCUT2D eigenvalue weighted by atomic mass is 16.5. The molecule has 0 radical (unpaired) electrons. The van der Waals surface area contributed by atoms with Crippen LogP contribution in [0.2, 0.25) is 0 Å². The van der Waals surface area contributed by atoms with Crippen molar-refractivity contribution in [3.05, 3.63) is 11.6 Å². The molecule has 1 fully saturated rings. The molecule has 0 spiro atoms. The Balaban J connectivity index is 1.98. The maximum atomic E-state index is 11.5. The van der Waals surface area contributed by atoms with E-state index in [1.165, 1.54) is 31.3 Å². The van der Waals surface area contributed by atoms with Crippen molar-refractivity contribution in [1.29, 1.82) is 0 Å². The Kier molecular flexibility index (Phi) is 3.45. The number of ether oxygens (including phenoxy) is 1. The summed E-state index contributed by atoms with van der Waals surface area (Å²) in [6.07, 6.45) is 10.6. The highest BCUT2D eigenvalue weighted by Gasteiger charge is 2.28. The zero-order valence-electron chi connectivity index (χ0n) is 9.50. The predicted molar refractivity (Wildman–Crippen MR) is 59.4 cm³/mol. The van der Waals surface area contributed by atoms with Gasteiger partial charge >= 0.3 is 5.97 Å². The van der Waals surface area contributed by atoms with Gasteiger partial charge in [-0.3, -0.25) is 4.79 Å². The summed E-state index contributed by atoms with van der Waals surface area (Å²) in [6.45, 7) is 1.96. The summed E-state index contributed by atoms with van der Waals surface area (Å²) in [5, 5.41) is 0. The highest BCUT2D eigenvalue weighted by Crippen LogP contribution is 2.29. The van der Waals surface area contributed by atoms with Gasteiger partial charge in [0.15, 0.2) is 0 Å². The number of carbonyl (C=O) groups excluding carboxylic acids is 1. The van der Waals surface area contributed by atoms with Gasteiger partial charge in [0.25, 0.3) is 0 Å². The van der Waals surface area contributed by atoms with Crippen molar-refractivity contribution in [2.24, 2.45) is 5.92 Å². The molecule has 2 nitrogen and oxygen atoms in total. The summed E-state index contributed by atoms with van der Waals surface area (Å²) in [5.74, 6) is 0.101. The summed E-state index contributed by atoms with van der Waals surface area (Å²) in [5.41, 5.74) is 1.38. The molecule has 0 amide bonds. The average Bonchev–Trinajstić information content (AvgIpc) is 2.50. The lowest BCUT2D eigenvalue weighted by atomic mass is 9.93. The summed E-state index contributed by atoms with van der Waals surface area (Å²) < 4.78 is 5.49. The van der Waals surface area contributed by atoms with E-state index in [2.05, 4.69) is 6.08 Å². The molecule has 2 rings (SSSR count). The minimum absolute atomic E-state index is 0.00334. The molecule has 1 aliphatic heterocycles. The molecule has 84 valence electrons. The molecule has 2 heteroatoms. The van der Waals surface area contributed by atoms with Crippen LogP contribution in [0.15, 0.2) is 11.6 Å². The molecule has 0 saturated carbocycles. The third-order valence-electron chi connectivity index (χ3n) is 3.51. The third-order valence-corrected chi connectivity index (χ3v) is 3.51. The first-order valence-electron chi connectivity index (χ1n) is 6.17. The van der Waals surface area contributed by atoms with Gasteiger partial charge < -0.3 is 4.74 Å². The fourth-order valence-corrected chi connectivity index (χ4v) is 2.43. The average molecular weight is 208 g/mol. The summed E-state index contributed by atoms with van der Waals surface area (Å²) in [7, 11) is 0. The van der Waals surface area contributed by atoms with Crippen LogP contribution >= 0.6 is 0 Å². The van der Waals surface area contributed by atoms with Crippen LogP contribution in [-0.4, -0.2) is 12.1 Å². The number of cyclic esters (lactones) is 1. The van der Waals surface area contributed by atoms with Crippen LogP contribution in [0, 0.1) is 5.92 Å². The number of hydrogen-bond donors (Lipinski definition) is 0. The highest BCUT2D eigenvalue weighted by molar-refractivity contribution is 5.73. The Morgan fingerprint density at radius 1 is 1.27 bits per heavy atom. The van der Waals surface area contributed by atoms with Crippen molar-refractivity contribution < 1.29 is 9.53 Å². The van der Waals surface area contributed by atoms with E-state index < -0.39 is 0 Å². The number of allylic oxidation sites excluding steroid dienone is 1. The molecule has 1 aliphatic carbocycles. The van der Waals surface area contributed by atoms with Crippen LogP contribution in [0.5, 0.6) is 0 Å². The number of rotatable bonds is 1. The number of esters is 1. The summed E-state index contributed by atoms with van der Waals surface area (Å²) in [4.78, 5) is 11.5. The molecule has 0 N–H and O–H groups in total.